The van der Waals surface area contributed by atoms with Crippen LogP contribution in [0.5, 0.6) is 0 Å². The highest BCUT2D eigenvalue weighted by Crippen LogP contribution is 2.15. The lowest BCUT2D eigenvalue weighted by Crippen LogP contribution is -2.36. The van der Waals surface area contributed by atoms with Gasteiger partial charge in [0.25, 0.3) is 0 Å². The zero-order chi connectivity index (χ0) is 17.5. The summed E-state index contributed by atoms with van der Waals surface area (Å²) in [5, 5.41) is 3.85. The number of primary amides is 1. The standard InChI is InChI=1S/C19H23N3OS/c1-14-8-9-17(12-15(14)2)21-19(24)22(11-10-18(20)23)13-16-6-4-3-5-7-16/h3-9,12H,10-11,13H2,1-2H3,(H2,20,23)(H,21,24). The molecule has 0 aliphatic heterocycles. The largest absolute Gasteiger partial charge is 0.370 e. The van der Waals surface area contributed by atoms with Crippen LogP contribution in [0.2, 0.25) is 0 Å². The third-order valence-electron chi connectivity index (χ3n) is 3.89. The van der Waals surface area contributed by atoms with Crippen molar-refractivity contribution in [1.29, 1.82) is 0 Å². The third-order valence-corrected chi connectivity index (χ3v) is 4.25. The molecule has 0 bridgehead atoms. The number of amides is 1. The first-order valence-electron chi connectivity index (χ1n) is 7.91. The van der Waals surface area contributed by atoms with Crippen LogP contribution in [0.15, 0.2) is 48.5 Å². The minimum atomic E-state index is -0.331. The van der Waals surface area contributed by atoms with Crippen molar-refractivity contribution < 1.29 is 4.79 Å². The molecule has 0 unspecified atom stereocenters. The molecule has 2 aromatic carbocycles. The molecule has 0 saturated heterocycles. The maximum absolute atomic E-state index is 11.2. The molecule has 0 aromatic heterocycles. The van der Waals surface area contributed by atoms with Crippen LogP contribution in [0, 0.1) is 13.8 Å². The fourth-order valence-corrected chi connectivity index (χ4v) is 2.60. The number of hydrogen-bond donors (Lipinski definition) is 2. The average Bonchev–Trinajstić information content (AvgIpc) is 2.55. The van der Waals surface area contributed by atoms with Crippen molar-refractivity contribution in [3.8, 4) is 0 Å². The first-order chi connectivity index (χ1) is 11.5. The number of thiocarbonyl (C=S) groups is 1. The number of rotatable bonds is 6. The Morgan fingerprint density at radius 1 is 1.12 bits per heavy atom. The maximum Gasteiger partial charge on any atom is 0.219 e. The van der Waals surface area contributed by atoms with Gasteiger partial charge in [-0.1, -0.05) is 36.4 Å². The molecule has 4 nitrogen and oxygen atoms in total. The van der Waals surface area contributed by atoms with E-state index >= 15 is 0 Å². The van der Waals surface area contributed by atoms with Crippen LogP contribution in [-0.2, 0) is 11.3 Å². The van der Waals surface area contributed by atoms with E-state index < -0.39 is 0 Å². The topological polar surface area (TPSA) is 58.4 Å². The lowest BCUT2D eigenvalue weighted by Gasteiger charge is -2.26. The van der Waals surface area contributed by atoms with E-state index in [2.05, 4.69) is 31.3 Å². The van der Waals surface area contributed by atoms with E-state index in [-0.39, 0.29) is 12.3 Å². The highest BCUT2D eigenvalue weighted by Gasteiger charge is 2.12. The number of hydrogen-bond acceptors (Lipinski definition) is 2. The molecular formula is C19H23N3OS. The molecule has 2 aromatic rings. The van der Waals surface area contributed by atoms with E-state index in [1.165, 1.54) is 11.1 Å². The van der Waals surface area contributed by atoms with Gasteiger partial charge in [0.05, 0.1) is 0 Å². The van der Waals surface area contributed by atoms with Crippen LogP contribution in [0.1, 0.15) is 23.1 Å². The van der Waals surface area contributed by atoms with Crippen LogP contribution < -0.4 is 11.1 Å². The monoisotopic (exact) mass is 341 g/mol. The predicted octanol–water partition coefficient (Wildman–Crippen LogP) is 3.38. The summed E-state index contributed by atoms with van der Waals surface area (Å²) in [7, 11) is 0. The van der Waals surface area contributed by atoms with Crippen LogP contribution in [-0.4, -0.2) is 22.5 Å². The van der Waals surface area contributed by atoms with Crippen molar-refractivity contribution in [1.82, 2.24) is 4.90 Å². The molecule has 126 valence electrons. The Hall–Kier alpha value is -2.40. The molecule has 1 amide bonds. The smallest absolute Gasteiger partial charge is 0.219 e. The van der Waals surface area contributed by atoms with Crippen molar-refractivity contribution in [3.63, 3.8) is 0 Å². The van der Waals surface area contributed by atoms with Crippen molar-refractivity contribution in [2.45, 2.75) is 26.8 Å². The van der Waals surface area contributed by atoms with Gasteiger partial charge in [0.15, 0.2) is 5.11 Å². The summed E-state index contributed by atoms with van der Waals surface area (Å²) >= 11 is 5.55. The molecule has 5 heteroatoms. The average molecular weight is 341 g/mol. The van der Waals surface area contributed by atoms with E-state index in [0.29, 0.717) is 18.2 Å². The number of carbonyl (C=O) groups excluding carboxylic acids is 1. The predicted molar refractivity (Wildman–Crippen MR) is 103 cm³/mol. The van der Waals surface area contributed by atoms with E-state index in [9.17, 15) is 4.79 Å². The summed E-state index contributed by atoms with van der Waals surface area (Å²) < 4.78 is 0. The molecule has 0 radical (unpaired) electrons. The van der Waals surface area contributed by atoms with Gasteiger partial charge in [-0.25, -0.2) is 0 Å². The minimum absolute atomic E-state index is 0.265. The van der Waals surface area contributed by atoms with Crippen molar-refractivity contribution in [2.75, 3.05) is 11.9 Å². The van der Waals surface area contributed by atoms with Crippen molar-refractivity contribution in [2.24, 2.45) is 5.73 Å². The minimum Gasteiger partial charge on any atom is -0.370 e. The number of nitrogens with zero attached hydrogens (tertiary/aromatic N) is 1. The second kappa shape index (κ2) is 8.45. The summed E-state index contributed by atoms with van der Waals surface area (Å²) in [5.74, 6) is -0.331. The first kappa shape index (κ1) is 17.9. The number of anilines is 1. The van der Waals surface area contributed by atoms with Crippen LogP contribution in [0.4, 0.5) is 5.69 Å². The van der Waals surface area contributed by atoms with E-state index in [4.69, 9.17) is 18.0 Å². The van der Waals surface area contributed by atoms with Gasteiger partial charge in [0, 0.05) is 25.2 Å². The molecule has 0 aliphatic rings. The van der Waals surface area contributed by atoms with Gasteiger partial charge in [-0.05, 0) is 54.9 Å². The van der Waals surface area contributed by atoms with E-state index in [1.54, 1.807) is 0 Å². The summed E-state index contributed by atoms with van der Waals surface area (Å²) in [5.41, 5.74) is 9.81. The van der Waals surface area contributed by atoms with Gasteiger partial charge in [-0.2, -0.15) is 0 Å². The molecule has 3 N–H and O–H groups in total. The molecule has 2 rings (SSSR count). The van der Waals surface area contributed by atoms with E-state index in [1.807, 2.05) is 41.3 Å². The van der Waals surface area contributed by atoms with Gasteiger partial charge in [-0.15, -0.1) is 0 Å². The Bertz CT molecular complexity index is 716. The highest BCUT2D eigenvalue weighted by molar-refractivity contribution is 7.80. The zero-order valence-corrected chi connectivity index (χ0v) is 14.9. The number of nitrogens with two attached hydrogens (primary N) is 1. The Labute approximate surface area is 148 Å². The lowest BCUT2D eigenvalue weighted by atomic mass is 10.1. The quantitative estimate of drug-likeness (QED) is 0.791. The van der Waals surface area contributed by atoms with Gasteiger partial charge < -0.3 is 16.0 Å². The Kier molecular flexibility index (Phi) is 6.32. The number of aryl methyl sites for hydroxylation is 2. The maximum atomic E-state index is 11.2. The third kappa shape index (κ3) is 5.35. The van der Waals surface area contributed by atoms with Gasteiger partial charge in [0.1, 0.15) is 0 Å². The summed E-state index contributed by atoms with van der Waals surface area (Å²) in [4.78, 5) is 13.1. The molecule has 24 heavy (non-hydrogen) atoms. The Balaban J connectivity index is 2.10. The van der Waals surface area contributed by atoms with Crippen molar-refractivity contribution >= 4 is 28.9 Å². The van der Waals surface area contributed by atoms with Gasteiger partial charge in [-0.3, -0.25) is 4.79 Å². The Morgan fingerprint density at radius 3 is 2.46 bits per heavy atom. The summed E-state index contributed by atoms with van der Waals surface area (Å²) in [6.07, 6.45) is 0.265. The second-order valence-electron chi connectivity index (χ2n) is 5.85. The van der Waals surface area contributed by atoms with Crippen molar-refractivity contribution in [3.05, 3.63) is 65.2 Å². The zero-order valence-electron chi connectivity index (χ0n) is 14.1. The van der Waals surface area contributed by atoms with Crippen LogP contribution in [0.25, 0.3) is 0 Å². The lowest BCUT2D eigenvalue weighted by molar-refractivity contribution is -0.118. The summed E-state index contributed by atoms with van der Waals surface area (Å²) in [6.45, 7) is 5.26. The highest BCUT2D eigenvalue weighted by atomic mass is 32.1. The molecule has 0 spiro atoms. The Morgan fingerprint density at radius 2 is 1.83 bits per heavy atom. The van der Waals surface area contributed by atoms with Gasteiger partial charge in [0.2, 0.25) is 5.91 Å². The summed E-state index contributed by atoms with van der Waals surface area (Å²) in [6, 6.07) is 16.2. The van der Waals surface area contributed by atoms with E-state index in [0.717, 1.165) is 11.3 Å². The molecular weight excluding hydrogens is 318 g/mol. The fraction of sp³-hybridized carbons (Fsp3) is 0.263. The fourth-order valence-electron chi connectivity index (χ4n) is 2.32. The molecule has 0 aliphatic carbocycles. The first-order valence-corrected chi connectivity index (χ1v) is 8.32. The van der Waals surface area contributed by atoms with Crippen LogP contribution in [0.3, 0.4) is 0 Å². The number of carbonyl (C=O) groups is 1. The van der Waals surface area contributed by atoms with Crippen LogP contribution >= 0.6 is 12.2 Å². The number of benzene rings is 2. The molecule has 0 atom stereocenters. The molecule has 0 saturated carbocycles. The molecule has 0 heterocycles. The number of nitrogens with one attached hydrogen (secondary N) is 1. The SMILES string of the molecule is Cc1ccc(NC(=S)N(CCC(N)=O)Cc2ccccc2)cc1C. The van der Waals surface area contributed by atoms with Gasteiger partial charge >= 0.3 is 0 Å². The second-order valence-corrected chi connectivity index (χ2v) is 6.24. The normalized spacial score (nSPS) is 10.2. The molecule has 0 fully saturated rings.